The molecular weight excluding hydrogens is 1920 g/mol. The van der Waals surface area contributed by atoms with Crippen molar-refractivity contribution in [3.63, 3.8) is 0 Å². The molecule has 22 aromatic carbocycles. The highest BCUT2D eigenvalue weighted by atomic mass is 32.1. The van der Waals surface area contributed by atoms with Crippen molar-refractivity contribution in [2.75, 3.05) is 0 Å². The van der Waals surface area contributed by atoms with Crippen molar-refractivity contribution in [2.24, 2.45) is 0 Å². The summed E-state index contributed by atoms with van der Waals surface area (Å²) in [6.45, 7) is 28.8. The minimum atomic E-state index is 0.695. The number of hydrogen-bond acceptors (Lipinski definition) is 6. The predicted molar refractivity (Wildman–Crippen MR) is 646 cm³/mol. The van der Waals surface area contributed by atoms with Gasteiger partial charge in [0.15, 0.2) is 0 Å². The van der Waals surface area contributed by atoms with Gasteiger partial charge in [0, 0.05) is 129 Å². The maximum Gasteiger partial charge on any atom is 0.204 e. The zero-order valence-electron chi connectivity index (χ0n) is 80.4. The lowest BCUT2D eigenvalue weighted by Gasteiger charge is -2.11. The van der Waals surface area contributed by atoms with Gasteiger partial charge in [0.2, 0.25) is 17.1 Å². The second-order valence-electron chi connectivity index (χ2n) is 38.4. The topological polar surface area (TPSA) is 27.9 Å². The lowest BCUT2D eigenvalue weighted by molar-refractivity contribution is 1.20. The molecule has 0 unspecified atom stereocenters. The monoisotopic (exact) mass is 2000 g/mol. The normalized spacial score (nSPS) is 11.8. The first-order valence-electron chi connectivity index (χ1n) is 49.8. The molecule has 31 rings (SSSR count). The zero-order chi connectivity index (χ0) is 98.9. The van der Waals surface area contributed by atoms with Gasteiger partial charge in [-0.05, 0) is 224 Å². The maximum absolute atomic E-state index is 8.20. The van der Waals surface area contributed by atoms with Gasteiger partial charge in [-0.3, -0.25) is 0 Å². The van der Waals surface area contributed by atoms with Gasteiger partial charge in [-0.15, -0.1) is 68.0 Å². The molecular formula is C137H80N6S6. The van der Waals surface area contributed by atoms with Crippen molar-refractivity contribution < 1.29 is 0 Å². The van der Waals surface area contributed by atoms with E-state index in [0.717, 1.165) is 69.6 Å². The van der Waals surface area contributed by atoms with E-state index in [9.17, 15) is 0 Å². The molecule has 0 bridgehead atoms. The van der Waals surface area contributed by atoms with E-state index in [1.165, 1.54) is 223 Å². The molecule has 0 aliphatic heterocycles. The van der Waals surface area contributed by atoms with Gasteiger partial charge in [-0.1, -0.05) is 339 Å². The maximum atomic E-state index is 8.20. The molecule has 0 aliphatic carbocycles. The molecule has 0 radical (unpaired) electrons. The molecule has 9 heterocycles. The lowest BCUT2D eigenvalue weighted by Crippen LogP contribution is -1.94. The summed E-state index contributed by atoms with van der Waals surface area (Å²) in [6.07, 6.45) is 0. The minimum absolute atomic E-state index is 0.695. The fourth-order valence-electron chi connectivity index (χ4n) is 23.3. The Balaban J connectivity index is 0.000000106. The first-order chi connectivity index (χ1) is 73.6. The van der Waals surface area contributed by atoms with E-state index in [0.29, 0.717) is 17.1 Å². The van der Waals surface area contributed by atoms with Crippen LogP contribution >= 0.6 is 68.0 Å². The Labute approximate surface area is 880 Å². The number of nitrogens with zero attached hydrogens (tertiary/aromatic N) is 6. The van der Waals surface area contributed by atoms with Crippen molar-refractivity contribution in [1.29, 1.82) is 0 Å². The number of aromatic nitrogens is 3. The average molecular weight is 2000 g/mol. The van der Waals surface area contributed by atoms with E-state index in [2.05, 4.69) is 473 Å². The molecule has 0 amide bonds. The fraction of sp³-hybridized carbons (Fsp3) is 0.0146. The summed E-state index contributed by atoms with van der Waals surface area (Å²) in [5, 5.41) is 22.2. The van der Waals surface area contributed by atoms with Crippen LogP contribution in [0, 0.1) is 33.6 Å². The summed E-state index contributed by atoms with van der Waals surface area (Å²) in [7, 11) is 0. The van der Waals surface area contributed by atoms with E-state index in [1.807, 2.05) is 52.2 Å². The highest BCUT2D eigenvalue weighted by molar-refractivity contribution is 7.29. The number of hydrogen-bond donors (Lipinski definition) is 0. The molecule has 0 saturated carbocycles. The van der Waals surface area contributed by atoms with Crippen molar-refractivity contribution >= 4 is 272 Å². The quantitative estimate of drug-likeness (QED) is 0.122. The molecule has 0 atom stereocenters. The smallest absolute Gasteiger partial charge is 0.204 e. The van der Waals surface area contributed by atoms with Crippen LogP contribution in [-0.2, 0) is 0 Å². The highest BCUT2D eigenvalue weighted by Gasteiger charge is 2.29. The van der Waals surface area contributed by atoms with Crippen molar-refractivity contribution in [3.8, 4) is 95.0 Å². The molecule has 12 heteroatoms. The van der Waals surface area contributed by atoms with Crippen LogP contribution < -0.4 is 0 Å². The first kappa shape index (κ1) is 87.6. The van der Waals surface area contributed by atoms with Crippen LogP contribution in [0.4, 0.5) is 17.1 Å². The van der Waals surface area contributed by atoms with Crippen LogP contribution in [0.15, 0.2) is 449 Å². The molecule has 0 fully saturated rings. The van der Waals surface area contributed by atoms with Gasteiger partial charge >= 0.3 is 0 Å². The second-order valence-corrected chi connectivity index (χ2v) is 44.7. The number of aryl methyl sites for hydroxylation is 2. The highest BCUT2D eigenvalue weighted by Crippen LogP contribution is 2.56. The first-order valence-corrected chi connectivity index (χ1v) is 54.7. The van der Waals surface area contributed by atoms with E-state index in [4.69, 9.17) is 19.7 Å². The summed E-state index contributed by atoms with van der Waals surface area (Å²) in [5.74, 6) is 0. The van der Waals surface area contributed by atoms with Crippen LogP contribution in [0.5, 0.6) is 0 Å². The standard InChI is InChI=1S/2C49H28N2S2.C39H24N2S2/c1-50-41-25-24-35(37-18-10-17-36-34-16-8-9-21-45(34)52-47(36)37)46-38-19-11-20-44(48(38)53-49(41)46)51-42-26-22-32(30-12-4-2-5-13-30)28-39(42)40-29-33(23-27-43(40)51)31-14-6-3-7-15-31;1-50-41-24-23-35(34-19-22-37-36-15-8-9-18-45(36)52-46(37)29-34)47-38-16-10-17-44(48(38)53-49(41)47)51-42-25-20-32(30-11-4-2-5-12-30)27-39(42)40-28-33(21-26-43(40)51)31-13-6-3-7-14-31;1-22-14-18-31-28(20-22)29-21-23(2)15-19-32(29)41(31)33-11-6-10-27-37-25(16-17-30(40-3)39(37)43-38(27)33)24-9-7-13-35-36(24)26-8-4-5-12-34(26)42-35/h2*2-29H;4-21H,1-2H3. The average Bonchev–Trinajstić information content (AvgIpc) is 1.56. The van der Waals surface area contributed by atoms with Crippen LogP contribution in [0.2, 0.25) is 0 Å². The summed E-state index contributed by atoms with van der Waals surface area (Å²) in [4.78, 5) is 12.1. The van der Waals surface area contributed by atoms with Crippen LogP contribution in [0.3, 0.4) is 0 Å². The molecule has 149 heavy (non-hydrogen) atoms. The van der Waals surface area contributed by atoms with Crippen molar-refractivity contribution in [1.82, 2.24) is 13.7 Å². The molecule has 0 saturated heterocycles. The zero-order valence-corrected chi connectivity index (χ0v) is 85.3. The van der Waals surface area contributed by atoms with Crippen molar-refractivity contribution in [2.45, 2.75) is 13.8 Å². The Morgan fingerprint density at radius 3 is 0.906 bits per heavy atom. The van der Waals surface area contributed by atoms with Gasteiger partial charge < -0.3 is 13.7 Å². The largest absolute Gasteiger partial charge is 0.308 e. The molecule has 6 nitrogen and oxygen atoms in total. The van der Waals surface area contributed by atoms with E-state index < -0.39 is 0 Å². The van der Waals surface area contributed by atoms with Crippen molar-refractivity contribution in [3.05, 3.63) is 494 Å². The van der Waals surface area contributed by atoms with Gasteiger partial charge in [0.1, 0.15) is 0 Å². The fourth-order valence-corrected chi connectivity index (χ4v) is 30.6. The molecule has 0 spiro atoms. The number of rotatable bonds is 10. The summed E-state index contributed by atoms with van der Waals surface area (Å²) < 4.78 is 21.7. The number of fused-ring (bicyclic) bond motifs is 27. The third-order valence-corrected chi connectivity index (χ3v) is 37.3. The summed E-state index contributed by atoms with van der Waals surface area (Å²) in [6, 6.07) is 162. The second kappa shape index (κ2) is 35.2. The Bertz CT molecular complexity index is 11000. The van der Waals surface area contributed by atoms with E-state index in [-0.39, 0.29) is 0 Å². The SMILES string of the molecule is [C-]#[N+]c1ccc(-c2ccc3c(c2)sc2ccccc23)c2c1sc1c(-n3c4ccc(-c5ccccc5)cc4c4cc(-c5ccccc5)ccc43)cccc12.[C-]#[N+]c1ccc(-c2cccc3c2sc2ccccc23)c2c1sc1c(-n3c4ccc(-c5ccccc5)cc4c4cc(-c5ccccc5)ccc43)cccc12.[C-]#[N+]c1ccc(-c2cccc3sc4ccccc4c23)c2c1sc1c(-n3c4ccc(C)cc4c4cc(C)ccc43)cccc12. The molecule has 694 valence electrons. The van der Waals surface area contributed by atoms with Crippen LogP contribution in [0.1, 0.15) is 11.1 Å². The Morgan fingerprint density at radius 2 is 0.470 bits per heavy atom. The third kappa shape index (κ3) is 14.1. The molecule has 31 aromatic rings. The Kier molecular flexibility index (Phi) is 20.7. The number of benzene rings is 22. The molecule has 9 aromatic heterocycles. The predicted octanol–water partition coefficient (Wildman–Crippen LogP) is 42.5. The van der Waals surface area contributed by atoms with Gasteiger partial charge in [0.05, 0.1) is 84.0 Å². The molecule has 0 aliphatic rings. The molecule has 0 N–H and O–H groups in total. The Morgan fingerprint density at radius 1 is 0.168 bits per heavy atom. The van der Waals surface area contributed by atoms with Crippen LogP contribution in [0.25, 0.3) is 296 Å². The lowest BCUT2D eigenvalue weighted by atomic mass is 9.95. The summed E-state index contributed by atoms with van der Waals surface area (Å²) >= 11 is 10.8. The summed E-state index contributed by atoms with van der Waals surface area (Å²) in [5.41, 5.74) is 31.9. The Hall–Kier alpha value is -18.0. The van der Waals surface area contributed by atoms with Gasteiger partial charge in [-0.2, -0.15) is 0 Å². The van der Waals surface area contributed by atoms with Crippen LogP contribution in [-0.4, -0.2) is 13.7 Å². The number of thiophene rings is 6. The minimum Gasteiger partial charge on any atom is -0.308 e. The van der Waals surface area contributed by atoms with E-state index in [1.54, 1.807) is 34.0 Å². The third-order valence-electron chi connectivity index (χ3n) is 30.0. The van der Waals surface area contributed by atoms with E-state index >= 15 is 0 Å². The van der Waals surface area contributed by atoms with Gasteiger partial charge in [-0.25, -0.2) is 14.5 Å². The van der Waals surface area contributed by atoms with Gasteiger partial charge in [0.25, 0.3) is 0 Å².